The minimum absolute atomic E-state index is 0.358. The number of aromatic nitrogens is 3. The SMILES string of the molecule is Cc1nncn1N=Cc1ccccc1N=O. The van der Waals surface area contributed by atoms with Crippen LogP contribution < -0.4 is 0 Å². The molecular weight excluding hydrogens is 206 g/mol. The third kappa shape index (κ3) is 2.00. The van der Waals surface area contributed by atoms with Crippen LogP contribution in [0.15, 0.2) is 40.9 Å². The van der Waals surface area contributed by atoms with Gasteiger partial charge in [0, 0.05) is 5.56 Å². The average molecular weight is 215 g/mol. The molecule has 16 heavy (non-hydrogen) atoms. The largest absolute Gasteiger partial charge is 0.205 e. The normalized spacial score (nSPS) is 10.8. The van der Waals surface area contributed by atoms with Crippen LogP contribution in [0.5, 0.6) is 0 Å². The zero-order valence-electron chi connectivity index (χ0n) is 8.61. The van der Waals surface area contributed by atoms with Gasteiger partial charge in [0.05, 0.1) is 6.21 Å². The predicted octanol–water partition coefficient (Wildman–Crippen LogP) is 1.87. The van der Waals surface area contributed by atoms with E-state index >= 15 is 0 Å². The molecule has 0 saturated heterocycles. The number of nitrogens with zero attached hydrogens (tertiary/aromatic N) is 5. The molecule has 1 aromatic carbocycles. The lowest BCUT2D eigenvalue weighted by Crippen LogP contribution is -1.92. The number of rotatable bonds is 3. The van der Waals surface area contributed by atoms with E-state index in [0.29, 0.717) is 17.1 Å². The van der Waals surface area contributed by atoms with Crippen molar-refractivity contribution in [2.24, 2.45) is 10.3 Å². The fourth-order valence-corrected chi connectivity index (χ4v) is 1.21. The molecular formula is C10H9N5O. The van der Waals surface area contributed by atoms with Crippen LogP contribution in [0.4, 0.5) is 5.69 Å². The van der Waals surface area contributed by atoms with Gasteiger partial charge in [-0.15, -0.1) is 15.1 Å². The van der Waals surface area contributed by atoms with E-state index in [1.54, 1.807) is 31.3 Å². The van der Waals surface area contributed by atoms with Crippen molar-refractivity contribution in [1.82, 2.24) is 14.9 Å². The summed E-state index contributed by atoms with van der Waals surface area (Å²) in [7, 11) is 0. The van der Waals surface area contributed by atoms with Crippen LogP contribution in [0.2, 0.25) is 0 Å². The molecule has 1 aromatic heterocycles. The number of hydrogen-bond donors (Lipinski definition) is 0. The summed E-state index contributed by atoms with van der Waals surface area (Å²) in [5.74, 6) is 0.674. The van der Waals surface area contributed by atoms with E-state index in [0.717, 1.165) is 0 Å². The van der Waals surface area contributed by atoms with Gasteiger partial charge in [0.25, 0.3) is 0 Å². The molecule has 0 aliphatic rings. The zero-order valence-corrected chi connectivity index (χ0v) is 8.61. The first kappa shape index (κ1) is 10.2. The minimum atomic E-state index is 0.358. The van der Waals surface area contributed by atoms with Crippen molar-refractivity contribution in [1.29, 1.82) is 0 Å². The Morgan fingerprint density at radius 1 is 1.38 bits per heavy atom. The highest BCUT2D eigenvalue weighted by Crippen LogP contribution is 2.15. The summed E-state index contributed by atoms with van der Waals surface area (Å²) in [6.07, 6.45) is 3.04. The lowest BCUT2D eigenvalue weighted by atomic mass is 10.2. The highest BCUT2D eigenvalue weighted by atomic mass is 16.3. The summed E-state index contributed by atoms with van der Waals surface area (Å²) >= 11 is 0. The van der Waals surface area contributed by atoms with Crippen LogP contribution in [0.25, 0.3) is 0 Å². The molecule has 0 aliphatic heterocycles. The fourth-order valence-electron chi connectivity index (χ4n) is 1.21. The van der Waals surface area contributed by atoms with Gasteiger partial charge in [-0.05, 0) is 18.2 Å². The van der Waals surface area contributed by atoms with Crippen molar-refractivity contribution < 1.29 is 0 Å². The van der Waals surface area contributed by atoms with E-state index in [1.807, 2.05) is 6.07 Å². The standard InChI is InChI=1S/C10H9N5O/c1-8-13-11-7-15(8)12-6-9-4-2-3-5-10(9)14-16/h2-7H,1H3. The number of hydrogen-bond acceptors (Lipinski definition) is 5. The Morgan fingerprint density at radius 3 is 2.88 bits per heavy atom. The van der Waals surface area contributed by atoms with Crippen molar-refractivity contribution in [3.05, 3.63) is 46.9 Å². The van der Waals surface area contributed by atoms with E-state index in [-0.39, 0.29) is 0 Å². The van der Waals surface area contributed by atoms with Crippen molar-refractivity contribution >= 4 is 11.9 Å². The van der Waals surface area contributed by atoms with Crippen LogP contribution in [0.3, 0.4) is 0 Å². The highest BCUT2D eigenvalue weighted by Gasteiger charge is 1.99. The zero-order chi connectivity index (χ0) is 11.4. The van der Waals surface area contributed by atoms with Gasteiger partial charge in [-0.2, -0.15) is 5.10 Å². The smallest absolute Gasteiger partial charge is 0.151 e. The van der Waals surface area contributed by atoms with Gasteiger partial charge in [-0.3, -0.25) is 0 Å². The lowest BCUT2D eigenvalue weighted by Gasteiger charge is -1.96. The molecule has 0 unspecified atom stereocenters. The first-order chi connectivity index (χ1) is 7.81. The van der Waals surface area contributed by atoms with Gasteiger partial charge in [0.15, 0.2) is 5.82 Å². The van der Waals surface area contributed by atoms with Gasteiger partial charge < -0.3 is 0 Å². The molecule has 0 aliphatic carbocycles. The first-order valence-electron chi connectivity index (χ1n) is 4.64. The molecule has 0 fully saturated rings. The second kappa shape index (κ2) is 4.43. The Labute approximate surface area is 91.6 Å². The third-order valence-electron chi connectivity index (χ3n) is 2.05. The highest BCUT2D eigenvalue weighted by molar-refractivity contribution is 5.86. The van der Waals surface area contributed by atoms with Crippen molar-refractivity contribution in [3.8, 4) is 0 Å². The monoisotopic (exact) mass is 215 g/mol. The molecule has 2 aromatic rings. The van der Waals surface area contributed by atoms with Gasteiger partial charge in [0.2, 0.25) is 0 Å². The quantitative estimate of drug-likeness (QED) is 0.579. The summed E-state index contributed by atoms with van der Waals surface area (Å²) in [6.45, 7) is 1.79. The Hall–Kier alpha value is -2.37. The van der Waals surface area contributed by atoms with E-state index < -0.39 is 0 Å². The van der Waals surface area contributed by atoms with Crippen molar-refractivity contribution in [3.63, 3.8) is 0 Å². The molecule has 0 spiro atoms. The van der Waals surface area contributed by atoms with Gasteiger partial charge in [0.1, 0.15) is 12.0 Å². The number of aryl methyl sites for hydroxylation is 1. The summed E-state index contributed by atoms with van der Waals surface area (Å²) in [5.41, 5.74) is 1.02. The Kier molecular flexibility index (Phi) is 2.81. The van der Waals surface area contributed by atoms with Crippen molar-refractivity contribution in [2.75, 3.05) is 0 Å². The van der Waals surface area contributed by atoms with Gasteiger partial charge >= 0.3 is 0 Å². The van der Waals surface area contributed by atoms with E-state index in [9.17, 15) is 4.91 Å². The summed E-state index contributed by atoms with van der Waals surface area (Å²) < 4.78 is 1.52. The van der Waals surface area contributed by atoms with E-state index in [2.05, 4.69) is 20.5 Å². The molecule has 0 amide bonds. The Morgan fingerprint density at radius 2 is 2.19 bits per heavy atom. The maximum absolute atomic E-state index is 10.5. The predicted molar refractivity (Wildman–Crippen MR) is 59.6 cm³/mol. The molecule has 0 N–H and O–H groups in total. The summed E-state index contributed by atoms with van der Waals surface area (Å²) in [5, 5.41) is 14.5. The van der Waals surface area contributed by atoms with Crippen LogP contribution in [-0.2, 0) is 0 Å². The van der Waals surface area contributed by atoms with Gasteiger partial charge in [-0.1, -0.05) is 18.2 Å². The third-order valence-corrected chi connectivity index (χ3v) is 2.05. The van der Waals surface area contributed by atoms with Crippen LogP contribution >= 0.6 is 0 Å². The Balaban J connectivity index is 2.30. The molecule has 0 atom stereocenters. The molecule has 80 valence electrons. The van der Waals surface area contributed by atoms with Crippen LogP contribution in [0, 0.1) is 11.8 Å². The first-order valence-corrected chi connectivity index (χ1v) is 4.64. The van der Waals surface area contributed by atoms with Crippen molar-refractivity contribution in [2.45, 2.75) is 6.92 Å². The molecule has 1 heterocycles. The summed E-state index contributed by atoms with van der Waals surface area (Å²) in [4.78, 5) is 10.5. The molecule has 6 nitrogen and oxygen atoms in total. The second-order valence-corrected chi connectivity index (χ2v) is 3.12. The Bertz CT molecular complexity index is 532. The second-order valence-electron chi connectivity index (χ2n) is 3.12. The molecule has 0 bridgehead atoms. The maximum atomic E-state index is 10.5. The van der Waals surface area contributed by atoms with Crippen LogP contribution in [0.1, 0.15) is 11.4 Å². The topological polar surface area (TPSA) is 72.5 Å². The van der Waals surface area contributed by atoms with Crippen LogP contribution in [-0.4, -0.2) is 21.1 Å². The average Bonchev–Trinajstić information content (AvgIpc) is 2.72. The maximum Gasteiger partial charge on any atom is 0.151 e. The van der Waals surface area contributed by atoms with E-state index in [1.165, 1.54) is 11.0 Å². The van der Waals surface area contributed by atoms with Gasteiger partial charge in [-0.25, -0.2) is 4.68 Å². The minimum Gasteiger partial charge on any atom is -0.205 e. The fraction of sp³-hybridized carbons (Fsp3) is 0.100. The molecule has 0 radical (unpaired) electrons. The lowest BCUT2D eigenvalue weighted by molar-refractivity contribution is 0.832. The molecule has 0 saturated carbocycles. The number of benzene rings is 1. The van der Waals surface area contributed by atoms with E-state index in [4.69, 9.17) is 0 Å². The molecule has 6 heteroatoms. The summed E-state index contributed by atoms with van der Waals surface area (Å²) in [6, 6.07) is 6.96. The molecule has 2 rings (SSSR count). The number of nitroso groups, excluding NO2 is 1.